The van der Waals surface area contributed by atoms with E-state index >= 15 is 0 Å². The maximum absolute atomic E-state index is 13.8. The van der Waals surface area contributed by atoms with Crippen LogP contribution in [0.2, 0.25) is 0 Å². The number of hydrogen-bond donors (Lipinski definition) is 0. The number of hydrogen-bond acceptors (Lipinski definition) is 4. The third kappa shape index (κ3) is 2.96. The van der Waals surface area contributed by atoms with E-state index in [1.807, 2.05) is 37.3 Å². The molecule has 0 bridgehead atoms. The van der Waals surface area contributed by atoms with Crippen LogP contribution in [0.15, 0.2) is 52.9 Å². The van der Waals surface area contributed by atoms with Crippen LogP contribution in [0.5, 0.6) is 0 Å². The Balaban J connectivity index is 1.79. The van der Waals surface area contributed by atoms with Gasteiger partial charge in [0.05, 0.1) is 5.41 Å². The highest BCUT2D eigenvalue weighted by atomic mass is 19.1. The van der Waals surface area contributed by atoms with Crippen molar-refractivity contribution in [3.63, 3.8) is 0 Å². The van der Waals surface area contributed by atoms with Gasteiger partial charge in [-0.05, 0) is 49.6 Å². The van der Waals surface area contributed by atoms with Gasteiger partial charge in [-0.2, -0.15) is 0 Å². The fraction of sp³-hybridized carbons (Fsp3) is 0.300. The summed E-state index contributed by atoms with van der Waals surface area (Å²) >= 11 is 0. The third-order valence-electron chi connectivity index (χ3n) is 4.82. The molecule has 0 aliphatic carbocycles. The molecule has 0 atom stereocenters. The monoisotopic (exact) mass is 338 g/mol. The highest BCUT2D eigenvalue weighted by Crippen LogP contribution is 2.41. The van der Waals surface area contributed by atoms with Crippen LogP contribution in [0.4, 0.5) is 4.39 Å². The molecule has 0 amide bonds. The summed E-state index contributed by atoms with van der Waals surface area (Å²) in [6.07, 6.45) is 1.37. The van der Waals surface area contributed by atoms with E-state index in [0.717, 1.165) is 16.7 Å². The van der Waals surface area contributed by atoms with E-state index in [9.17, 15) is 4.39 Å². The van der Waals surface area contributed by atoms with E-state index in [4.69, 9.17) is 9.15 Å². The number of aromatic nitrogens is 2. The van der Waals surface area contributed by atoms with Crippen molar-refractivity contribution >= 4 is 0 Å². The van der Waals surface area contributed by atoms with Gasteiger partial charge in [-0.25, -0.2) is 4.39 Å². The molecule has 1 saturated heterocycles. The first-order valence-corrected chi connectivity index (χ1v) is 8.42. The molecular formula is C20H19FN2O2. The van der Waals surface area contributed by atoms with Gasteiger partial charge in [0.25, 0.3) is 0 Å². The summed E-state index contributed by atoms with van der Waals surface area (Å²) in [5, 5.41) is 8.57. The molecule has 5 heteroatoms. The molecule has 1 aromatic heterocycles. The number of aryl methyl sites for hydroxylation is 1. The number of benzene rings is 2. The van der Waals surface area contributed by atoms with Crippen molar-refractivity contribution in [1.29, 1.82) is 0 Å². The third-order valence-corrected chi connectivity index (χ3v) is 4.82. The zero-order chi connectivity index (χ0) is 17.3. The summed E-state index contributed by atoms with van der Waals surface area (Å²) in [6, 6.07) is 14.6. The van der Waals surface area contributed by atoms with Crippen LogP contribution in [0, 0.1) is 12.7 Å². The van der Waals surface area contributed by atoms with E-state index in [-0.39, 0.29) is 5.82 Å². The second-order valence-corrected chi connectivity index (χ2v) is 6.49. The van der Waals surface area contributed by atoms with E-state index in [0.29, 0.717) is 37.8 Å². The van der Waals surface area contributed by atoms with Crippen molar-refractivity contribution in [2.24, 2.45) is 0 Å². The molecular weight excluding hydrogens is 319 g/mol. The van der Waals surface area contributed by atoms with Crippen LogP contribution in [0.1, 0.15) is 29.9 Å². The Morgan fingerprint density at radius 3 is 2.56 bits per heavy atom. The SMILES string of the molecule is Cc1cccc(-c2nnc(C3(c4cccc(F)c4)CCOCC3)o2)c1. The molecule has 2 heterocycles. The molecule has 0 saturated carbocycles. The van der Waals surface area contributed by atoms with E-state index in [1.54, 1.807) is 12.1 Å². The van der Waals surface area contributed by atoms with E-state index in [2.05, 4.69) is 10.2 Å². The summed E-state index contributed by atoms with van der Waals surface area (Å²) in [5.41, 5.74) is 2.37. The highest BCUT2D eigenvalue weighted by Gasteiger charge is 2.41. The van der Waals surface area contributed by atoms with Gasteiger partial charge in [-0.1, -0.05) is 29.8 Å². The minimum absolute atomic E-state index is 0.262. The van der Waals surface area contributed by atoms with Crippen molar-refractivity contribution < 1.29 is 13.5 Å². The summed E-state index contributed by atoms with van der Waals surface area (Å²) in [7, 11) is 0. The first-order chi connectivity index (χ1) is 12.2. The molecule has 0 radical (unpaired) electrons. The molecule has 4 nitrogen and oxygen atoms in total. The number of halogens is 1. The molecule has 0 spiro atoms. The van der Waals surface area contributed by atoms with Crippen LogP contribution in [0.25, 0.3) is 11.5 Å². The Bertz CT molecular complexity index is 885. The number of ether oxygens (including phenoxy) is 1. The largest absolute Gasteiger partial charge is 0.420 e. The van der Waals surface area contributed by atoms with Crippen LogP contribution in [0.3, 0.4) is 0 Å². The molecule has 1 aliphatic heterocycles. The molecule has 128 valence electrons. The molecule has 2 aromatic carbocycles. The number of nitrogens with zero attached hydrogens (tertiary/aromatic N) is 2. The van der Waals surface area contributed by atoms with Gasteiger partial charge in [0, 0.05) is 18.8 Å². The quantitative estimate of drug-likeness (QED) is 0.715. The van der Waals surface area contributed by atoms with Crippen LogP contribution < -0.4 is 0 Å². The molecule has 0 N–H and O–H groups in total. The van der Waals surface area contributed by atoms with Gasteiger partial charge >= 0.3 is 0 Å². The summed E-state index contributed by atoms with van der Waals surface area (Å²) in [4.78, 5) is 0. The van der Waals surface area contributed by atoms with Crippen LogP contribution >= 0.6 is 0 Å². The highest BCUT2D eigenvalue weighted by molar-refractivity contribution is 5.54. The van der Waals surface area contributed by atoms with Crippen LogP contribution in [-0.4, -0.2) is 23.4 Å². The summed E-state index contributed by atoms with van der Waals surface area (Å²) < 4.78 is 25.4. The lowest BCUT2D eigenvalue weighted by molar-refractivity contribution is 0.0545. The fourth-order valence-corrected chi connectivity index (χ4v) is 3.44. The normalized spacial score (nSPS) is 16.7. The first kappa shape index (κ1) is 16.0. The molecule has 3 aromatic rings. The lowest BCUT2D eigenvalue weighted by atomic mass is 9.74. The Kier molecular flexibility index (Phi) is 4.09. The maximum atomic E-state index is 13.8. The first-order valence-electron chi connectivity index (χ1n) is 8.42. The topological polar surface area (TPSA) is 48.2 Å². The van der Waals surface area contributed by atoms with Crippen molar-refractivity contribution in [3.8, 4) is 11.5 Å². The minimum atomic E-state index is -0.505. The van der Waals surface area contributed by atoms with Gasteiger partial charge in [-0.3, -0.25) is 0 Å². The molecule has 1 aliphatic rings. The van der Waals surface area contributed by atoms with Gasteiger partial charge in [0.2, 0.25) is 11.8 Å². The zero-order valence-electron chi connectivity index (χ0n) is 14.0. The van der Waals surface area contributed by atoms with Gasteiger partial charge in [0.15, 0.2) is 0 Å². The van der Waals surface area contributed by atoms with E-state index in [1.165, 1.54) is 6.07 Å². The fourth-order valence-electron chi connectivity index (χ4n) is 3.44. The Morgan fingerprint density at radius 2 is 1.80 bits per heavy atom. The smallest absolute Gasteiger partial charge is 0.247 e. The number of rotatable bonds is 3. The predicted octanol–water partition coefficient (Wildman–Crippen LogP) is 4.28. The average Bonchev–Trinajstić information content (AvgIpc) is 3.13. The Hall–Kier alpha value is -2.53. The summed E-state index contributed by atoms with van der Waals surface area (Å²) in [5.74, 6) is 0.751. The van der Waals surface area contributed by atoms with Crippen molar-refractivity contribution in [2.75, 3.05) is 13.2 Å². The Labute approximate surface area is 145 Å². The molecule has 0 unspecified atom stereocenters. The second kappa shape index (κ2) is 6.41. The zero-order valence-corrected chi connectivity index (χ0v) is 14.0. The van der Waals surface area contributed by atoms with Crippen molar-refractivity contribution in [2.45, 2.75) is 25.2 Å². The summed E-state index contributed by atoms with van der Waals surface area (Å²) in [6.45, 7) is 3.19. The predicted molar refractivity (Wildman–Crippen MR) is 91.7 cm³/mol. The lowest BCUT2D eigenvalue weighted by Crippen LogP contribution is -2.35. The Morgan fingerprint density at radius 1 is 1.00 bits per heavy atom. The van der Waals surface area contributed by atoms with Gasteiger partial charge in [-0.15, -0.1) is 10.2 Å². The van der Waals surface area contributed by atoms with Crippen molar-refractivity contribution in [1.82, 2.24) is 10.2 Å². The minimum Gasteiger partial charge on any atom is -0.420 e. The second-order valence-electron chi connectivity index (χ2n) is 6.49. The standard InChI is InChI=1S/C20H19FN2O2/c1-14-4-2-5-15(12-14)18-22-23-19(25-18)20(8-10-24-11-9-20)16-6-3-7-17(21)13-16/h2-7,12-13H,8-11H2,1H3. The average molecular weight is 338 g/mol. The lowest BCUT2D eigenvalue weighted by Gasteiger charge is -2.34. The van der Waals surface area contributed by atoms with Crippen LogP contribution in [-0.2, 0) is 10.2 Å². The van der Waals surface area contributed by atoms with Crippen molar-refractivity contribution in [3.05, 3.63) is 71.4 Å². The van der Waals surface area contributed by atoms with Gasteiger partial charge < -0.3 is 9.15 Å². The van der Waals surface area contributed by atoms with Gasteiger partial charge in [0.1, 0.15) is 5.82 Å². The molecule has 4 rings (SSSR count). The molecule has 1 fully saturated rings. The van der Waals surface area contributed by atoms with E-state index < -0.39 is 5.41 Å². The maximum Gasteiger partial charge on any atom is 0.247 e. The molecule has 25 heavy (non-hydrogen) atoms.